The fourth-order valence-corrected chi connectivity index (χ4v) is 2.68. The molecule has 0 aliphatic heterocycles. The summed E-state index contributed by atoms with van der Waals surface area (Å²) in [5.74, 6) is -0.154. The van der Waals surface area contributed by atoms with Gasteiger partial charge in [0.25, 0.3) is 5.91 Å². The molecule has 0 aliphatic rings. The van der Waals surface area contributed by atoms with Crippen molar-refractivity contribution in [2.45, 2.75) is 59.4 Å². The molecule has 1 unspecified atom stereocenters. The van der Waals surface area contributed by atoms with Gasteiger partial charge in [-0.1, -0.05) is 46.0 Å². The second-order valence-corrected chi connectivity index (χ2v) is 7.86. The minimum atomic E-state index is -0.214. The van der Waals surface area contributed by atoms with E-state index in [1.54, 1.807) is 0 Å². The van der Waals surface area contributed by atoms with Gasteiger partial charge in [0.2, 0.25) is 0 Å². The van der Waals surface area contributed by atoms with E-state index in [1.807, 2.05) is 41.5 Å². The summed E-state index contributed by atoms with van der Waals surface area (Å²) in [6.45, 7) is 12.2. The van der Waals surface area contributed by atoms with E-state index in [4.69, 9.17) is 5.11 Å². The van der Waals surface area contributed by atoms with Gasteiger partial charge in [0.15, 0.2) is 0 Å². The quantitative estimate of drug-likeness (QED) is 0.895. The second kappa shape index (κ2) is 6.18. The number of aromatic nitrogens is 2. The zero-order chi connectivity index (χ0) is 15.6. The molecule has 1 amide bonds. The standard InChI is InChI=1S/C14H25N3O2S/c1-13(2,3)9(7-8-18)15-12(19)10-11(14(4,5)6)16-17-20-10/h9,18H,7-8H2,1-6H3,(H,15,19). The molecule has 0 saturated heterocycles. The van der Waals surface area contributed by atoms with Gasteiger partial charge in [0, 0.05) is 18.1 Å². The highest BCUT2D eigenvalue weighted by Gasteiger charge is 2.30. The van der Waals surface area contributed by atoms with Crippen LogP contribution in [0.25, 0.3) is 0 Å². The van der Waals surface area contributed by atoms with Crippen LogP contribution in [0.3, 0.4) is 0 Å². The van der Waals surface area contributed by atoms with Crippen molar-refractivity contribution < 1.29 is 9.90 Å². The van der Waals surface area contributed by atoms with E-state index in [9.17, 15) is 4.79 Å². The van der Waals surface area contributed by atoms with Gasteiger partial charge < -0.3 is 10.4 Å². The maximum absolute atomic E-state index is 12.4. The first-order chi connectivity index (χ1) is 9.07. The lowest BCUT2D eigenvalue weighted by Gasteiger charge is -2.31. The Hall–Kier alpha value is -1.01. The van der Waals surface area contributed by atoms with Crippen molar-refractivity contribution in [2.24, 2.45) is 5.41 Å². The number of amides is 1. The number of hydrogen-bond donors (Lipinski definition) is 2. The Labute approximate surface area is 125 Å². The van der Waals surface area contributed by atoms with Crippen LogP contribution in [0.5, 0.6) is 0 Å². The molecule has 2 N–H and O–H groups in total. The van der Waals surface area contributed by atoms with Crippen LogP contribution in [0.4, 0.5) is 0 Å². The fraction of sp³-hybridized carbons (Fsp3) is 0.786. The summed E-state index contributed by atoms with van der Waals surface area (Å²) in [5.41, 5.74) is 0.392. The van der Waals surface area contributed by atoms with Crippen molar-refractivity contribution in [1.82, 2.24) is 14.9 Å². The van der Waals surface area contributed by atoms with E-state index >= 15 is 0 Å². The second-order valence-electron chi connectivity index (χ2n) is 7.11. The summed E-state index contributed by atoms with van der Waals surface area (Å²) in [4.78, 5) is 13.0. The molecule has 1 aromatic rings. The topological polar surface area (TPSA) is 75.1 Å². The normalized spacial score (nSPS) is 14.2. The first-order valence-corrected chi connectivity index (χ1v) is 7.59. The van der Waals surface area contributed by atoms with E-state index in [2.05, 4.69) is 14.9 Å². The van der Waals surface area contributed by atoms with Crippen LogP contribution in [-0.4, -0.2) is 33.2 Å². The highest BCUT2D eigenvalue weighted by atomic mass is 32.1. The largest absolute Gasteiger partial charge is 0.396 e. The zero-order valence-electron chi connectivity index (χ0n) is 13.1. The van der Waals surface area contributed by atoms with Crippen molar-refractivity contribution in [2.75, 3.05) is 6.61 Å². The molecule has 1 aromatic heterocycles. The number of aliphatic hydroxyl groups is 1. The van der Waals surface area contributed by atoms with Gasteiger partial charge in [-0.05, 0) is 23.4 Å². The van der Waals surface area contributed by atoms with Crippen LogP contribution in [-0.2, 0) is 5.41 Å². The smallest absolute Gasteiger partial charge is 0.265 e. The fourth-order valence-electron chi connectivity index (χ4n) is 1.90. The van der Waals surface area contributed by atoms with Gasteiger partial charge >= 0.3 is 0 Å². The lowest BCUT2D eigenvalue weighted by molar-refractivity contribution is 0.0887. The molecule has 0 aliphatic carbocycles. The van der Waals surface area contributed by atoms with E-state index < -0.39 is 0 Å². The third-order valence-corrected chi connectivity index (χ3v) is 3.90. The molecule has 1 rings (SSSR count). The number of aliphatic hydroxyl groups excluding tert-OH is 1. The Morgan fingerprint density at radius 1 is 1.30 bits per heavy atom. The molecule has 5 nitrogen and oxygen atoms in total. The van der Waals surface area contributed by atoms with E-state index in [1.165, 1.54) is 0 Å². The SMILES string of the molecule is CC(C)(C)c1nnsc1C(=O)NC(CCO)C(C)(C)C. The van der Waals surface area contributed by atoms with Gasteiger partial charge in [-0.2, -0.15) is 0 Å². The number of rotatable bonds is 4. The summed E-state index contributed by atoms with van der Waals surface area (Å²) in [6.07, 6.45) is 0.534. The number of carbonyl (C=O) groups is 1. The summed E-state index contributed by atoms with van der Waals surface area (Å²) < 4.78 is 3.91. The predicted molar refractivity (Wildman–Crippen MR) is 81.0 cm³/mol. The third kappa shape index (κ3) is 4.24. The van der Waals surface area contributed by atoms with Gasteiger partial charge in [-0.3, -0.25) is 4.79 Å². The summed E-state index contributed by atoms with van der Waals surface area (Å²) in [6, 6.07) is -0.0880. The molecular formula is C14H25N3O2S. The molecule has 1 heterocycles. The molecule has 0 fully saturated rings. The Morgan fingerprint density at radius 2 is 1.90 bits per heavy atom. The Bertz CT molecular complexity index is 458. The van der Waals surface area contributed by atoms with Crippen LogP contribution in [0, 0.1) is 5.41 Å². The average molecular weight is 299 g/mol. The highest BCUT2D eigenvalue weighted by Crippen LogP contribution is 2.27. The van der Waals surface area contributed by atoms with Crippen molar-refractivity contribution in [1.29, 1.82) is 0 Å². The summed E-state index contributed by atoms with van der Waals surface area (Å²) in [5, 5.41) is 16.2. The summed E-state index contributed by atoms with van der Waals surface area (Å²) in [7, 11) is 0. The van der Waals surface area contributed by atoms with Crippen molar-refractivity contribution in [3.63, 3.8) is 0 Å². The van der Waals surface area contributed by atoms with Gasteiger partial charge in [-0.15, -0.1) is 5.10 Å². The molecule has 114 valence electrons. The molecule has 6 heteroatoms. The van der Waals surface area contributed by atoms with Crippen LogP contribution in [0.15, 0.2) is 0 Å². The van der Waals surface area contributed by atoms with E-state index in [-0.39, 0.29) is 29.4 Å². The third-order valence-electron chi connectivity index (χ3n) is 3.17. The Balaban J connectivity index is 2.93. The average Bonchev–Trinajstić information content (AvgIpc) is 2.75. The van der Waals surface area contributed by atoms with Gasteiger partial charge in [0.1, 0.15) is 4.88 Å². The summed E-state index contributed by atoms with van der Waals surface area (Å²) >= 11 is 1.12. The Kier molecular flexibility index (Phi) is 5.27. The number of hydrogen-bond acceptors (Lipinski definition) is 5. The predicted octanol–water partition coefficient (Wildman–Crippen LogP) is 2.36. The maximum atomic E-state index is 12.4. The molecular weight excluding hydrogens is 274 g/mol. The van der Waals surface area contributed by atoms with Gasteiger partial charge in [-0.25, -0.2) is 0 Å². The first-order valence-electron chi connectivity index (χ1n) is 6.82. The molecule has 1 atom stereocenters. The maximum Gasteiger partial charge on any atom is 0.265 e. The van der Waals surface area contributed by atoms with Crippen LogP contribution >= 0.6 is 11.5 Å². The minimum absolute atomic E-state index is 0.0509. The van der Waals surface area contributed by atoms with Crippen LogP contribution in [0.1, 0.15) is 63.3 Å². The lowest BCUT2D eigenvalue weighted by Crippen LogP contribution is -2.44. The molecule has 0 bridgehead atoms. The Morgan fingerprint density at radius 3 is 2.35 bits per heavy atom. The van der Waals surface area contributed by atoms with Crippen molar-refractivity contribution in [3.05, 3.63) is 10.6 Å². The molecule has 0 radical (unpaired) electrons. The molecule has 0 aromatic carbocycles. The van der Waals surface area contributed by atoms with Crippen molar-refractivity contribution in [3.8, 4) is 0 Å². The first kappa shape index (κ1) is 17.0. The number of carbonyl (C=O) groups excluding carboxylic acids is 1. The molecule has 0 saturated carbocycles. The van der Waals surface area contributed by atoms with E-state index in [0.717, 1.165) is 17.2 Å². The molecule has 20 heavy (non-hydrogen) atoms. The zero-order valence-corrected chi connectivity index (χ0v) is 14.0. The van der Waals surface area contributed by atoms with E-state index in [0.29, 0.717) is 11.3 Å². The monoisotopic (exact) mass is 299 g/mol. The van der Waals surface area contributed by atoms with Crippen LogP contribution < -0.4 is 5.32 Å². The number of nitrogens with zero attached hydrogens (tertiary/aromatic N) is 2. The number of nitrogens with one attached hydrogen (secondary N) is 1. The van der Waals surface area contributed by atoms with Crippen LogP contribution in [0.2, 0.25) is 0 Å². The highest BCUT2D eigenvalue weighted by molar-refractivity contribution is 7.08. The molecule has 0 spiro atoms. The van der Waals surface area contributed by atoms with Crippen molar-refractivity contribution >= 4 is 17.4 Å². The van der Waals surface area contributed by atoms with Gasteiger partial charge in [0.05, 0.1) is 5.69 Å². The lowest BCUT2D eigenvalue weighted by atomic mass is 9.84. The minimum Gasteiger partial charge on any atom is -0.396 e.